The van der Waals surface area contributed by atoms with Gasteiger partial charge < -0.3 is 24.1 Å². The molecule has 5 aliphatic rings. The molecule has 0 radical (unpaired) electrons. The molecule has 7 atom stereocenters. The molecule has 9 heteroatoms. The van der Waals surface area contributed by atoms with Crippen molar-refractivity contribution in [3.05, 3.63) is 83.5 Å². The van der Waals surface area contributed by atoms with Crippen molar-refractivity contribution in [3.8, 4) is 11.1 Å². The lowest BCUT2D eigenvalue weighted by molar-refractivity contribution is -0.184. The Kier molecular flexibility index (Phi) is 8.09. The molecule has 2 aromatic rings. The Morgan fingerprint density at radius 2 is 1.60 bits per heavy atom. The number of hydrogen-bond donors (Lipinski definition) is 1. The van der Waals surface area contributed by atoms with Crippen molar-refractivity contribution in [2.75, 3.05) is 19.8 Å². The van der Waals surface area contributed by atoms with Crippen LogP contribution in [0.5, 0.6) is 0 Å². The van der Waals surface area contributed by atoms with E-state index in [-0.39, 0.29) is 55.5 Å². The SMILES string of the molecule is CCOC(=O)O[C@]1(C(=O)COC(=O)OCC2c3ccccc3-c3ccccc32)CC[C@H]2[C@@H]3CCC4=CC(=O)C=C[C@]4(C)[C@H]3C(O)C[C@@]21C. The van der Waals surface area contributed by atoms with E-state index in [0.717, 1.165) is 34.2 Å². The second kappa shape index (κ2) is 12.0. The minimum atomic E-state index is -1.67. The molecule has 2 aromatic carbocycles. The summed E-state index contributed by atoms with van der Waals surface area (Å²) in [4.78, 5) is 52.3. The highest BCUT2D eigenvalue weighted by atomic mass is 16.7. The number of ketones is 2. The van der Waals surface area contributed by atoms with Crippen LogP contribution in [0.25, 0.3) is 11.1 Å². The normalized spacial score (nSPS) is 32.9. The van der Waals surface area contributed by atoms with Crippen molar-refractivity contribution in [3.63, 3.8) is 0 Å². The van der Waals surface area contributed by atoms with Gasteiger partial charge in [-0.2, -0.15) is 0 Å². The van der Waals surface area contributed by atoms with E-state index >= 15 is 0 Å². The van der Waals surface area contributed by atoms with Gasteiger partial charge in [0, 0.05) is 22.7 Å². The lowest BCUT2D eigenvalue weighted by Gasteiger charge is -2.59. The summed E-state index contributed by atoms with van der Waals surface area (Å²) in [5.74, 6) is -0.989. The predicted molar refractivity (Wildman–Crippen MR) is 175 cm³/mol. The number of fused-ring (bicyclic) bond motifs is 8. The lowest BCUT2D eigenvalue weighted by atomic mass is 9.46. The molecule has 3 fully saturated rings. The summed E-state index contributed by atoms with van der Waals surface area (Å²) in [5.41, 5.74) is 2.22. The number of aliphatic hydroxyl groups is 1. The maximum atomic E-state index is 14.2. The third-order valence-corrected chi connectivity index (χ3v) is 12.2. The Hall–Kier alpha value is -4.24. The summed E-state index contributed by atoms with van der Waals surface area (Å²) in [6, 6.07) is 16.0. The fraction of sp³-hybridized carbons (Fsp3) is 0.487. The molecule has 1 N–H and O–H groups in total. The van der Waals surface area contributed by atoms with E-state index in [1.54, 1.807) is 19.1 Å². The van der Waals surface area contributed by atoms with Crippen molar-refractivity contribution < 1.29 is 43.2 Å². The molecule has 0 heterocycles. The van der Waals surface area contributed by atoms with E-state index in [0.29, 0.717) is 12.8 Å². The summed E-state index contributed by atoms with van der Waals surface area (Å²) < 4.78 is 22.1. The molecule has 7 rings (SSSR count). The highest BCUT2D eigenvalue weighted by Gasteiger charge is 2.70. The standard InChI is InChI=1S/C39H42O9/c1-4-45-36(44)48-39(18-16-31-29-14-13-23-19-24(40)15-17-37(23,2)34(29)32(41)20-38(31,39)3)33(42)22-47-35(43)46-21-30-27-11-7-5-9-25(27)26-10-6-8-12-28(26)30/h5-12,15,17,19,29-32,34,41H,4,13-14,16,18,20-22H2,1-3H3/t29-,31-,32?,34+,37-,38-,39-/m0/s1. The minimum absolute atomic E-state index is 0.0160. The second-order valence-electron chi connectivity index (χ2n) is 14.4. The van der Waals surface area contributed by atoms with Gasteiger partial charge in [-0.1, -0.05) is 74.0 Å². The van der Waals surface area contributed by atoms with Gasteiger partial charge in [-0.25, -0.2) is 9.59 Å². The molecule has 1 unspecified atom stereocenters. The van der Waals surface area contributed by atoms with E-state index in [4.69, 9.17) is 18.9 Å². The largest absolute Gasteiger partial charge is 0.509 e. The summed E-state index contributed by atoms with van der Waals surface area (Å²) in [6.07, 6.45) is 4.85. The number of benzene rings is 2. The molecule has 9 nitrogen and oxygen atoms in total. The number of allylic oxidation sites excluding steroid dienone is 4. The first-order chi connectivity index (χ1) is 23.0. The van der Waals surface area contributed by atoms with Gasteiger partial charge in [0.25, 0.3) is 0 Å². The third-order valence-electron chi connectivity index (χ3n) is 12.2. The van der Waals surface area contributed by atoms with Crippen LogP contribution in [-0.2, 0) is 28.5 Å². The Balaban J connectivity index is 1.09. The maximum Gasteiger partial charge on any atom is 0.509 e. The summed E-state index contributed by atoms with van der Waals surface area (Å²) in [7, 11) is 0. The highest BCUT2D eigenvalue weighted by molar-refractivity contribution is 6.01. The number of ether oxygens (including phenoxy) is 4. The average Bonchev–Trinajstić information content (AvgIpc) is 3.54. The number of rotatable bonds is 7. The van der Waals surface area contributed by atoms with E-state index < -0.39 is 47.2 Å². The Labute approximate surface area is 280 Å². The smallest absolute Gasteiger partial charge is 0.435 e. The number of Topliss-reactive ketones (excluding diaryl/α,β-unsaturated/α-hetero) is 1. The van der Waals surface area contributed by atoms with Gasteiger partial charge in [-0.3, -0.25) is 9.59 Å². The van der Waals surface area contributed by atoms with Crippen molar-refractivity contribution in [2.24, 2.45) is 28.6 Å². The van der Waals surface area contributed by atoms with Gasteiger partial charge in [-0.15, -0.1) is 0 Å². The van der Waals surface area contributed by atoms with Gasteiger partial charge >= 0.3 is 12.3 Å². The number of carbonyl (C=O) groups excluding carboxylic acids is 4. The molecular formula is C39H42O9. The van der Waals surface area contributed by atoms with Crippen molar-refractivity contribution >= 4 is 23.9 Å². The number of hydrogen-bond acceptors (Lipinski definition) is 9. The van der Waals surface area contributed by atoms with E-state index in [2.05, 4.69) is 6.92 Å². The summed E-state index contributed by atoms with van der Waals surface area (Å²) in [6.45, 7) is 5.08. The van der Waals surface area contributed by atoms with Crippen LogP contribution < -0.4 is 0 Å². The molecule has 0 spiro atoms. The first-order valence-corrected chi connectivity index (χ1v) is 17.0. The summed E-state index contributed by atoms with van der Waals surface area (Å²) >= 11 is 0. The average molecular weight is 655 g/mol. The van der Waals surface area contributed by atoms with Crippen molar-refractivity contribution in [1.29, 1.82) is 0 Å². The minimum Gasteiger partial charge on any atom is -0.435 e. The molecule has 3 saturated carbocycles. The zero-order chi connectivity index (χ0) is 33.8. The fourth-order valence-corrected chi connectivity index (χ4v) is 10.2. The van der Waals surface area contributed by atoms with Gasteiger partial charge in [0.15, 0.2) is 18.0 Å². The Morgan fingerprint density at radius 3 is 2.29 bits per heavy atom. The van der Waals surface area contributed by atoms with Crippen LogP contribution in [0.1, 0.15) is 69.9 Å². The zero-order valence-corrected chi connectivity index (χ0v) is 27.6. The molecule has 0 aromatic heterocycles. The molecule has 0 amide bonds. The van der Waals surface area contributed by atoms with Gasteiger partial charge in [0.05, 0.1) is 12.7 Å². The van der Waals surface area contributed by atoms with Crippen LogP contribution in [0.2, 0.25) is 0 Å². The molecule has 252 valence electrons. The van der Waals surface area contributed by atoms with E-state index in [1.165, 1.54) is 0 Å². The lowest BCUT2D eigenvalue weighted by Crippen LogP contribution is -2.63. The molecule has 5 aliphatic carbocycles. The van der Waals surface area contributed by atoms with Crippen molar-refractivity contribution in [1.82, 2.24) is 0 Å². The third kappa shape index (κ3) is 4.92. The van der Waals surface area contributed by atoms with Gasteiger partial charge in [0.1, 0.15) is 6.61 Å². The Bertz CT molecular complexity index is 1680. The van der Waals surface area contributed by atoms with Crippen LogP contribution in [-0.4, -0.2) is 60.5 Å². The predicted octanol–water partition coefficient (Wildman–Crippen LogP) is 6.71. The van der Waals surface area contributed by atoms with Crippen LogP contribution in [0.4, 0.5) is 9.59 Å². The molecule has 0 aliphatic heterocycles. The van der Waals surface area contributed by atoms with Crippen molar-refractivity contribution in [2.45, 2.75) is 70.5 Å². The van der Waals surface area contributed by atoms with E-state index in [9.17, 15) is 24.3 Å². The zero-order valence-electron chi connectivity index (χ0n) is 27.6. The van der Waals surface area contributed by atoms with Gasteiger partial charge in [0.2, 0.25) is 5.78 Å². The molecular weight excluding hydrogens is 612 g/mol. The second-order valence-corrected chi connectivity index (χ2v) is 14.4. The first-order valence-electron chi connectivity index (χ1n) is 17.0. The number of carbonyl (C=O) groups is 4. The molecule has 0 bridgehead atoms. The quantitative estimate of drug-likeness (QED) is 0.324. The van der Waals surface area contributed by atoms with Gasteiger partial charge in [-0.05, 0) is 85.3 Å². The monoisotopic (exact) mass is 654 g/mol. The van der Waals surface area contributed by atoms with Crippen LogP contribution in [0.3, 0.4) is 0 Å². The molecule has 48 heavy (non-hydrogen) atoms. The molecule has 0 saturated heterocycles. The maximum absolute atomic E-state index is 14.2. The fourth-order valence-electron chi connectivity index (χ4n) is 10.2. The number of aliphatic hydroxyl groups excluding tert-OH is 1. The highest BCUT2D eigenvalue weighted by Crippen LogP contribution is 2.68. The Morgan fingerprint density at radius 1 is 0.917 bits per heavy atom. The van der Waals surface area contributed by atoms with Crippen LogP contribution in [0.15, 0.2) is 72.3 Å². The topological polar surface area (TPSA) is 125 Å². The van der Waals surface area contributed by atoms with E-state index in [1.807, 2.05) is 61.5 Å². The first kappa shape index (κ1) is 32.3. The summed E-state index contributed by atoms with van der Waals surface area (Å²) in [5, 5.41) is 11.8. The van der Waals surface area contributed by atoms with Crippen LogP contribution in [0, 0.1) is 28.6 Å². The van der Waals surface area contributed by atoms with Crippen LogP contribution >= 0.6 is 0 Å².